The Bertz CT molecular complexity index is 737. The predicted molar refractivity (Wildman–Crippen MR) is 89.8 cm³/mol. The lowest BCUT2D eigenvalue weighted by molar-refractivity contribution is -0.134. The van der Waals surface area contributed by atoms with Gasteiger partial charge in [0.05, 0.1) is 6.61 Å². The quantitative estimate of drug-likeness (QED) is 0.523. The molecule has 1 saturated heterocycles. The number of nitrogens with zero attached hydrogens (tertiary/aromatic N) is 1. The van der Waals surface area contributed by atoms with Crippen molar-refractivity contribution in [1.29, 1.82) is 0 Å². The smallest absolute Gasteiger partial charge is 0.325 e. The van der Waals surface area contributed by atoms with Crippen LogP contribution in [-0.2, 0) is 20.7 Å². The van der Waals surface area contributed by atoms with Gasteiger partial charge in [0.2, 0.25) is 12.7 Å². The summed E-state index contributed by atoms with van der Waals surface area (Å²) in [6, 6.07) is 4.79. The van der Waals surface area contributed by atoms with Gasteiger partial charge in [-0.15, -0.1) is 0 Å². The molecule has 3 rings (SSSR count). The van der Waals surface area contributed by atoms with E-state index in [4.69, 9.17) is 14.2 Å². The first-order valence-electron chi connectivity index (χ1n) is 8.21. The second-order valence-corrected chi connectivity index (χ2v) is 6.36. The Morgan fingerprint density at radius 3 is 2.88 bits per heavy atom. The first-order valence-corrected chi connectivity index (χ1v) is 8.21. The summed E-state index contributed by atoms with van der Waals surface area (Å²) in [6.07, 6.45) is 0.274. The highest BCUT2D eigenvalue weighted by molar-refractivity contribution is 6.08. The van der Waals surface area contributed by atoms with E-state index in [-0.39, 0.29) is 19.8 Å². The summed E-state index contributed by atoms with van der Waals surface area (Å²) in [5.41, 5.74) is -0.311. The van der Waals surface area contributed by atoms with Crippen LogP contribution < -0.4 is 20.1 Å². The number of amides is 4. The van der Waals surface area contributed by atoms with Gasteiger partial charge in [-0.2, -0.15) is 0 Å². The highest BCUT2D eigenvalue weighted by Crippen LogP contribution is 2.34. The number of benzene rings is 1. The minimum Gasteiger partial charge on any atom is -0.454 e. The molecule has 0 unspecified atom stereocenters. The number of nitrogens with one attached hydrogen (secondary N) is 2. The molecule has 2 aliphatic rings. The maximum absolute atomic E-state index is 12.7. The monoisotopic (exact) mass is 363 g/mol. The molecule has 9 heteroatoms. The van der Waals surface area contributed by atoms with Gasteiger partial charge in [-0.05, 0) is 24.6 Å². The summed E-state index contributed by atoms with van der Waals surface area (Å²) in [5.74, 6) is 0.396. The second kappa shape index (κ2) is 7.20. The van der Waals surface area contributed by atoms with E-state index in [0.717, 1.165) is 10.5 Å². The molecule has 1 aromatic rings. The number of hydrogen-bond donors (Lipinski definition) is 2. The Hall–Kier alpha value is -2.81. The van der Waals surface area contributed by atoms with Crippen LogP contribution in [0.15, 0.2) is 18.2 Å². The number of carbonyl (C=O) groups is 3. The van der Waals surface area contributed by atoms with Crippen LogP contribution in [0, 0.1) is 0 Å². The molecule has 0 aromatic heterocycles. The fraction of sp³-hybridized carbons (Fsp3) is 0.471. The number of rotatable bonds is 7. The summed E-state index contributed by atoms with van der Waals surface area (Å²) in [6.45, 7) is 2.14. The van der Waals surface area contributed by atoms with Gasteiger partial charge in [0, 0.05) is 20.1 Å². The maximum Gasteiger partial charge on any atom is 0.325 e. The summed E-state index contributed by atoms with van der Waals surface area (Å²) in [4.78, 5) is 37.7. The predicted octanol–water partition coefficient (Wildman–Crippen LogP) is 0.0309. The molecule has 0 radical (unpaired) electrons. The minimum atomic E-state index is -1.13. The molecule has 140 valence electrons. The third-order valence-electron chi connectivity index (χ3n) is 4.27. The van der Waals surface area contributed by atoms with Gasteiger partial charge >= 0.3 is 6.03 Å². The average Bonchev–Trinajstić information content (AvgIpc) is 3.13. The van der Waals surface area contributed by atoms with Gasteiger partial charge in [-0.3, -0.25) is 14.5 Å². The van der Waals surface area contributed by atoms with Crippen LogP contribution >= 0.6 is 0 Å². The van der Waals surface area contributed by atoms with Crippen molar-refractivity contribution in [2.45, 2.75) is 18.9 Å². The molecule has 1 fully saturated rings. The summed E-state index contributed by atoms with van der Waals surface area (Å²) in [5, 5.41) is 5.27. The van der Waals surface area contributed by atoms with Gasteiger partial charge in [-0.25, -0.2) is 4.79 Å². The zero-order valence-corrected chi connectivity index (χ0v) is 14.7. The number of ether oxygens (including phenoxy) is 3. The Balaban J connectivity index is 1.66. The zero-order valence-electron chi connectivity index (χ0n) is 14.7. The van der Waals surface area contributed by atoms with Crippen LogP contribution in [0.1, 0.15) is 12.5 Å². The molecule has 2 heterocycles. The second-order valence-electron chi connectivity index (χ2n) is 6.36. The molecule has 4 amide bonds. The van der Waals surface area contributed by atoms with E-state index >= 15 is 0 Å². The number of fused-ring (bicyclic) bond motifs is 1. The first-order chi connectivity index (χ1) is 12.4. The minimum absolute atomic E-state index is 0.164. The fourth-order valence-corrected chi connectivity index (χ4v) is 2.96. The van der Waals surface area contributed by atoms with Crippen LogP contribution in [0.25, 0.3) is 0 Å². The lowest BCUT2D eigenvalue weighted by atomic mass is 9.92. The van der Waals surface area contributed by atoms with E-state index in [1.165, 1.54) is 7.11 Å². The lowest BCUT2D eigenvalue weighted by Gasteiger charge is -2.21. The highest BCUT2D eigenvalue weighted by atomic mass is 16.7. The van der Waals surface area contributed by atoms with Crippen molar-refractivity contribution in [3.8, 4) is 11.5 Å². The SMILES string of the molecule is COCCNC(=O)CN1C(=O)N[C@](C)(Cc2ccc3c(c2)OCO3)C1=O. The molecular weight excluding hydrogens is 342 g/mol. The molecule has 1 atom stereocenters. The Kier molecular flexibility index (Phi) is 4.99. The Morgan fingerprint density at radius 1 is 1.35 bits per heavy atom. The van der Waals surface area contributed by atoms with Crippen molar-refractivity contribution in [2.75, 3.05) is 33.6 Å². The number of hydrogen-bond acceptors (Lipinski definition) is 6. The third kappa shape index (κ3) is 3.57. The molecule has 0 bridgehead atoms. The summed E-state index contributed by atoms with van der Waals surface area (Å²) >= 11 is 0. The van der Waals surface area contributed by atoms with Crippen molar-refractivity contribution >= 4 is 17.8 Å². The van der Waals surface area contributed by atoms with Gasteiger partial charge in [0.25, 0.3) is 5.91 Å². The molecule has 2 aliphatic heterocycles. The fourth-order valence-electron chi connectivity index (χ4n) is 2.96. The third-order valence-corrected chi connectivity index (χ3v) is 4.27. The van der Waals surface area contributed by atoms with Crippen molar-refractivity contribution < 1.29 is 28.6 Å². The van der Waals surface area contributed by atoms with Gasteiger partial charge in [0.15, 0.2) is 11.5 Å². The number of imide groups is 1. The van der Waals surface area contributed by atoms with E-state index < -0.39 is 23.4 Å². The van der Waals surface area contributed by atoms with Crippen LogP contribution in [0.2, 0.25) is 0 Å². The van der Waals surface area contributed by atoms with Crippen LogP contribution in [0.3, 0.4) is 0 Å². The van der Waals surface area contributed by atoms with Crippen molar-refractivity contribution in [3.05, 3.63) is 23.8 Å². The van der Waals surface area contributed by atoms with E-state index in [9.17, 15) is 14.4 Å². The van der Waals surface area contributed by atoms with Crippen LogP contribution in [0.5, 0.6) is 11.5 Å². The number of carbonyl (C=O) groups excluding carboxylic acids is 3. The number of urea groups is 1. The zero-order chi connectivity index (χ0) is 18.7. The topological polar surface area (TPSA) is 106 Å². The van der Waals surface area contributed by atoms with E-state index in [2.05, 4.69) is 10.6 Å². The molecule has 2 N–H and O–H groups in total. The molecule has 1 aromatic carbocycles. The Morgan fingerprint density at radius 2 is 2.12 bits per heavy atom. The maximum atomic E-state index is 12.7. The molecule has 9 nitrogen and oxygen atoms in total. The largest absolute Gasteiger partial charge is 0.454 e. The average molecular weight is 363 g/mol. The highest BCUT2D eigenvalue weighted by Gasteiger charge is 2.48. The Labute approximate surface area is 150 Å². The van der Waals surface area contributed by atoms with Crippen LogP contribution in [-0.4, -0.2) is 61.9 Å². The summed E-state index contributed by atoms with van der Waals surface area (Å²) in [7, 11) is 1.52. The molecule has 0 saturated carbocycles. The van der Waals surface area contributed by atoms with Crippen LogP contribution in [0.4, 0.5) is 4.79 Å². The standard InChI is InChI=1S/C17H21N3O6/c1-17(8-11-3-4-12-13(7-11)26-10-25-12)15(22)20(16(23)19-17)9-14(21)18-5-6-24-2/h3-4,7H,5-6,8-10H2,1-2H3,(H,18,21)(H,19,23)/t17-/m1/s1. The molecule has 0 aliphatic carbocycles. The van der Waals surface area contributed by atoms with E-state index in [1.54, 1.807) is 19.1 Å². The van der Waals surface area contributed by atoms with Crippen molar-refractivity contribution in [2.24, 2.45) is 0 Å². The molecule has 26 heavy (non-hydrogen) atoms. The lowest BCUT2D eigenvalue weighted by Crippen LogP contribution is -2.47. The normalized spacial score (nSPS) is 21.1. The molecular formula is C17H21N3O6. The van der Waals surface area contributed by atoms with Gasteiger partial charge < -0.3 is 24.8 Å². The first kappa shape index (κ1) is 18.0. The van der Waals surface area contributed by atoms with E-state index in [1.807, 2.05) is 6.07 Å². The van der Waals surface area contributed by atoms with Crippen molar-refractivity contribution in [1.82, 2.24) is 15.5 Å². The molecule has 0 spiro atoms. The van der Waals surface area contributed by atoms with E-state index in [0.29, 0.717) is 24.7 Å². The summed E-state index contributed by atoms with van der Waals surface area (Å²) < 4.78 is 15.4. The number of methoxy groups -OCH3 is 1. The van der Waals surface area contributed by atoms with Crippen molar-refractivity contribution in [3.63, 3.8) is 0 Å². The van der Waals surface area contributed by atoms with Gasteiger partial charge in [0.1, 0.15) is 12.1 Å². The van der Waals surface area contributed by atoms with Gasteiger partial charge in [-0.1, -0.05) is 6.07 Å².